The van der Waals surface area contributed by atoms with Crippen LogP contribution < -0.4 is 16.0 Å². The van der Waals surface area contributed by atoms with Gasteiger partial charge in [0.25, 0.3) is 0 Å². The maximum absolute atomic E-state index is 14.2. The monoisotopic (exact) mass is 414 g/mol. The third-order valence-corrected chi connectivity index (χ3v) is 3.73. The van der Waals surface area contributed by atoms with Gasteiger partial charge in [-0.1, -0.05) is 19.8 Å². The van der Waals surface area contributed by atoms with E-state index in [0.717, 1.165) is 6.42 Å². The number of alkyl halides is 1. The molecule has 0 aliphatic rings. The first-order valence-electron chi connectivity index (χ1n) is 9.87. The van der Waals surface area contributed by atoms with Gasteiger partial charge < -0.3 is 20.7 Å². The molecule has 0 aliphatic carbocycles. The van der Waals surface area contributed by atoms with Crippen molar-refractivity contribution < 1.29 is 23.5 Å². The molecular weight excluding hydrogens is 379 g/mol. The molecule has 8 nitrogen and oxygen atoms in total. The summed E-state index contributed by atoms with van der Waals surface area (Å²) < 4.78 is 19.4. The van der Waals surface area contributed by atoms with E-state index < -0.39 is 47.3 Å². The first kappa shape index (κ1) is 26.6. The number of nitrogens with one attached hydrogen (secondary N) is 3. The summed E-state index contributed by atoms with van der Waals surface area (Å²) in [5.41, 5.74) is -2.47. The Hall–Kier alpha value is -2.37. The van der Waals surface area contributed by atoms with Crippen molar-refractivity contribution in [2.45, 2.75) is 104 Å². The third-order valence-electron chi connectivity index (χ3n) is 3.73. The van der Waals surface area contributed by atoms with Gasteiger partial charge >= 0.3 is 6.09 Å². The van der Waals surface area contributed by atoms with Crippen molar-refractivity contribution in [3.63, 3.8) is 0 Å². The predicted molar refractivity (Wildman–Crippen MR) is 108 cm³/mol. The van der Waals surface area contributed by atoms with Crippen LogP contribution in [0.2, 0.25) is 0 Å². The number of unbranched alkanes of at least 4 members (excludes halogenated alkanes) is 1. The number of ether oxygens (including phenoxy) is 1. The molecule has 0 heterocycles. The predicted octanol–water partition coefficient (Wildman–Crippen LogP) is 2.72. The van der Waals surface area contributed by atoms with Gasteiger partial charge in [-0.25, -0.2) is 9.18 Å². The van der Waals surface area contributed by atoms with Gasteiger partial charge in [0.05, 0.1) is 6.07 Å². The van der Waals surface area contributed by atoms with Gasteiger partial charge in [-0.2, -0.15) is 5.26 Å². The van der Waals surface area contributed by atoms with E-state index in [1.807, 2.05) is 13.0 Å². The molecule has 0 bridgehead atoms. The summed E-state index contributed by atoms with van der Waals surface area (Å²) in [6, 6.07) is -1.06. The van der Waals surface area contributed by atoms with Crippen molar-refractivity contribution >= 4 is 17.9 Å². The van der Waals surface area contributed by atoms with Crippen molar-refractivity contribution in [1.82, 2.24) is 16.0 Å². The molecule has 0 rings (SSSR count). The van der Waals surface area contributed by atoms with E-state index in [1.165, 1.54) is 20.8 Å². The number of halogens is 1. The number of carbonyl (C=O) groups excluding carboxylic acids is 3. The Balaban J connectivity index is 5.34. The van der Waals surface area contributed by atoms with Crippen LogP contribution in [0.4, 0.5) is 9.18 Å². The molecule has 0 aromatic carbocycles. The highest BCUT2D eigenvalue weighted by atomic mass is 19.1. The van der Waals surface area contributed by atoms with E-state index in [2.05, 4.69) is 16.0 Å². The average molecular weight is 415 g/mol. The molecule has 2 unspecified atom stereocenters. The van der Waals surface area contributed by atoms with E-state index in [-0.39, 0.29) is 6.42 Å². The highest BCUT2D eigenvalue weighted by Gasteiger charge is 2.32. The average Bonchev–Trinajstić information content (AvgIpc) is 2.54. The number of hydrogen-bond donors (Lipinski definition) is 3. The lowest BCUT2D eigenvalue weighted by Crippen LogP contribution is -2.56. The minimum Gasteiger partial charge on any atom is -0.444 e. The molecule has 3 N–H and O–H groups in total. The van der Waals surface area contributed by atoms with Gasteiger partial charge in [0, 0.05) is 6.42 Å². The molecule has 0 saturated heterocycles. The van der Waals surface area contributed by atoms with E-state index in [1.54, 1.807) is 20.8 Å². The Morgan fingerprint density at radius 3 is 2.03 bits per heavy atom. The van der Waals surface area contributed by atoms with Crippen molar-refractivity contribution in [3.8, 4) is 6.07 Å². The lowest BCUT2D eigenvalue weighted by molar-refractivity contribution is -0.131. The highest BCUT2D eigenvalue weighted by Crippen LogP contribution is 2.17. The van der Waals surface area contributed by atoms with E-state index in [4.69, 9.17) is 10.00 Å². The summed E-state index contributed by atoms with van der Waals surface area (Å²) in [5, 5.41) is 16.3. The van der Waals surface area contributed by atoms with Crippen molar-refractivity contribution in [1.29, 1.82) is 5.26 Å². The van der Waals surface area contributed by atoms with Gasteiger partial charge in [-0.05, 0) is 48.0 Å². The number of nitrogens with zero attached hydrogens (tertiary/aromatic N) is 1. The molecule has 9 heteroatoms. The second-order valence-corrected chi connectivity index (χ2v) is 8.68. The normalized spacial score (nSPS) is 14.7. The van der Waals surface area contributed by atoms with Crippen LogP contribution in [0.25, 0.3) is 0 Å². The molecule has 29 heavy (non-hydrogen) atoms. The van der Waals surface area contributed by atoms with Gasteiger partial charge in [0.15, 0.2) is 0 Å². The Labute approximate surface area is 172 Å². The SMILES string of the molecule is CCCC[C@H](NC(=O)OC(C)(C)C)C(=O)NC(CC(C)(C)F)C(=O)NC(C)C#N. The first-order valence-corrected chi connectivity index (χ1v) is 9.87. The van der Waals surface area contributed by atoms with Gasteiger partial charge in [0.1, 0.15) is 29.4 Å². The van der Waals surface area contributed by atoms with Crippen molar-refractivity contribution in [2.75, 3.05) is 0 Å². The second kappa shape index (κ2) is 11.6. The molecule has 0 aliphatic heterocycles. The van der Waals surface area contributed by atoms with Crippen LogP contribution in [0.3, 0.4) is 0 Å². The molecule has 3 amide bonds. The third kappa shape index (κ3) is 12.7. The fourth-order valence-corrected chi connectivity index (χ4v) is 2.44. The van der Waals surface area contributed by atoms with Gasteiger partial charge in [0.2, 0.25) is 11.8 Å². The van der Waals surface area contributed by atoms with Crippen molar-refractivity contribution in [2.24, 2.45) is 0 Å². The zero-order valence-corrected chi connectivity index (χ0v) is 18.5. The van der Waals surface area contributed by atoms with Crippen LogP contribution in [-0.4, -0.2) is 47.3 Å². The Kier molecular flexibility index (Phi) is 10.6. The van der Waals surface area contributed by atoms with Gasteiger partial charge in [-0.3, -0.25) is 9.59 Å². The molecule has 0 spiro atoms. The van der Waals surface area contributed by atoms with Crippen LogP contribution in [-0.2, 0) is 14.3 Å². The minimum absolute atomic E-state index is 0.282. The zero-order valence-electron chi connectivity index (χ0n) is 18.5. The smallest absolute Gasteiger partial charge is 0.408 e. The topological polar surface area (TPSA) is 120 Å². The zero-order chi connectivity index (χ0) is 22.8. The van der Waals surface area contributed by atoms with E-state index in [9.17, 15) is 18.8 Å². The molecular formula is C20H35FN4O4. The lowest BCUT2D eigenvalue weighted by Gasteiger charge is -2.27. The summed E-state index contributed by atoms with van der Waals surface area (Å²) in [6.07, 6.45) is 0.754. The molecule has 0 aromatic heterocycles. The minimum atomic E-state index is -1.73. The molecule has 166 valence electrons. The van der Waals surface area contributed by atoms with Crippen LogP contribution in [0, 0.1) is 11.3 Å². The number of rotatable bonds is 10. The number of amides is 3. The largest absolute Gasteiger partial charge is 0.444 e. The van der Waals surface area contributed by atoms with Crippen LogP contribution in [0.15, 0.2) is 0 Å². The lowest BCUT2D eigenvalue weighted by atomic mass is 9.99. The van der Waals surface area contributed by atoms with Crippen LogP contribution in [0.5, 0.6) is 0 Å². The summed E-state index contributed by atoms with van der Waals surface area (Å²) in [5.74, 6) is -1.28. The molecule has 0 saturated carbocycles. The Morgan fingerprint density at radius 2 is 1.59 bits per heavy atom. The molecule has 0 radical (unpaired) electrons. The summed E-state index contributed by atoms with van der Waals surface area (Å²) in [6.45, 7) is 11.1. The van der Waals surface area contributed by atoms with Crippen LogP contribution >= 0.6 is 0 Å². The standard InChI is InChI=1S/C20H35FN4O4/c1-8-9-10-14(25-18(28)29-19(3,4)5)16(26)24-15(11-20(6,7)21)17(27)23-13(2)12-22/h13-15H,8-11H2,1-7H3,(H,23,27)(H,24,26)(H,25,28)/t13?,14-,15?/m0/s1. The second-order valence-electron chi connectivity index (χ2n) is 8.68. The number of hydrogen-bond acceptors (Lipinski definition) is 5. The fraction of sp³-hybridized carbons (Fsp3) is 0.800. The molecule has 0 aromatic rings. The van der Waals surface area contributed by atoms with Gasteiger partial charge in [-0.15, -0.1) is 0 Å². The number of nitriles is 1. The summed E-state index contributed by atoms with van der Waals surface area (Å²) in [7, 11) is 0. The van der Waals surface area contributed by atoms with E-state index >= 15 is 0 Å². The maximum Gasteiger partial charge on any atom is 0.408 e. The van der Waals surface area contributed by atoms with Crippen LogP contribution in [0.1, 0.15) is 74.1 Å². The summed E-state index contributed by atoms with van der Waals surface area (Å²) in [4.78, 5) is 37.3. The molecule has 3 atom stereocenters. The quantitative estimate of drug-likeness (QED) is 0.508. The molecule has 0 fully saturated rings. The maximum atomic E-state index is 14.2. The Bertz CT molecular complexity index is 605. The fourth-order valence-electron chi connectivity index (χ4n) is 2.44. The van der Waals surface area contributed by atoms with E-state index in [0.29, 0.717) is 12.8 Å². The Morgan fingerprint density at radius 1 is 1.03 bits per heavy atom. The number of alkyl carbamates (subject to hydrolysis) is 1. The van der Waals surface area contributed by atoms with Crippen molar-refractivity contribution in [3.05, 3.63) is 0 Å². The number of carbonyl (C=O) groups is 3. The highest BCUT2D eigenvalue weighted by molar-refractivity contribution is 5.91. The first-order chi connectivity index (χ1) is 13.2. The summed E-state index contributed by atoms with van der Waals surface area (Å²) >= 11 is 0.